The van der Waals surface area contributed by atoms with E-state index in [-0.39, 0.29) is 30.1 Å². The van der Waals surface area contributed by atoms with Gasteiger partial charge in [-0.1, -0.05) is 90.4 Å². The van der Waals surface area contributed by atoms with Crippen molar-refractivity contribution >= 4 is 16.9 Å². The second kappa shape index (κ2) is 18.1. The Bertz CT molecular complexity index is 1130. The summed E-state index contributed by atoms with van der Waals surface area (Å²) in [7, 11) is 0. The Morgan fingerprint density at radius 1 is 0.810 bits per heavy atom. The highest BCUT2D eigenvalue weighted by molar-refractivity contribution is 5.80. The molecule has 10 nitrogen and oxygen atoms in total. The summed E-state index contributed by atoms with van der Waals surface area (Å²) in [6.07, 6.45) is 9.89. The molecule has 2 aromatic rings. The number of carbonyl (C=O) groups excluding carboxylic acids is 1. The number of phenolic OH excluding ortho intramolecular Hbond substituents is 1. The third-order valence-corrected chi connectivity index (χ3v) is 7.76. The van der Waals surface area contributed by atoms with Gasteiger partial charge >= 0.3 is 11.6 Å². The first-order valence-corrected chi connectivity index (χ1v) is 15.6. The van der Waals surface area contributed by atoms with Crippen molar-refractivity contribution in [1.29, 1.82) is 0 Å². The number of benzene rings is 1. The summed E-state index contributed by atoms with van der Waals surface area (Å²) in [6.45, 7) is 1.91. The van der Waals surface area contributed by atoms with E-state index in [1.165, 1.54) is 88.5 Å². The number of rotatable bonds is 19. The molecule has 0 radical (unpaired) electrons. The van der Waals surface area contributed by atoms with Crippen molar-refractivity contribution in [3.05, 3.63) is 34.7 Å². The van der Waals surface area contributed by atoms with Crippen LogP contribution in [-0.4, -0.2) is 63.7 Å². The summed E-state index contributed by atoms with van der Waals surface area (Å²) in [5, 5.41) is 41.8. The van der Waals surface area contributed by atoms with E-state index in [9.17, 15) is 30.0 Å². The van der Waals surface area contributed by atoms with E-state index in [0.717, 1.165) is 19.3 Å². The van der Waals surface area contributed by atoms with Crippen LogP contribution in [0.2, 0.25) is 0 Å². The third kappa shape index (κ3) is 10.9. The lowest BCUT2D eigenvalue weighted by Crippen LogP contribution is -2.60. The Morgan fingerprint density at radius 3 is 2.02 bits per heavy atom. The van der Waals surface area contributed by atoms with Crippen LogP contribution in [0.4, 0.5) is 0 Å². The number of aliphatic hydroxyl groups excluding tert-OH is 3. The Kier molecular flexibility index (Phi) is 14.6. The van der Waals surface area contributed by atoms with Gasteiger partial charge in [0.2, 0.25) is 6.29 Å². The smallest absolute Gasteiger partial charge is 0.336 e. The van der Waals surface area contributed by atoms with Crippen LogP contribution >= 0.6 is 0 Å². The molecular weight excluding hydrogens is 544 g/mol. The van der Waals surface area contributed by atoms with E-state index in [1.807, 2.05) is 0 Å². The van der Waals surface area contributed by atoms with E-state index >= 15 is 0 Å². The summed E-state index contributed by atoms with van der Waals surface area (Å²) < 4.78 is 21.5. The Balaban J connectivity index is 1.32. The first-order chi connectivity index (χ1) is 20.3. The fraction of sp³-hybridized carbons (Fsp3) is 0.688. The predicted molar refractivity (Wildman–Crippen MR) is 157 cm³/mol. The van der Waals surface area contributed by atoms with Crippen molar-refractivity contribution in [3.8, 4) is 11.5 Å². The van der Waals surface area contributed by atoms with Crippen LogP contribution < -0.4 is 10.4 Å². The Hall–Kier alpha value is -2.66. The van der Waals surface area contributed by atoms with Crippen LogP contribution in [-0.2, 0) is 14.3 Å². The first-order valence-electron chi connectivity index (χ1n) is 15.6. The summed E-state index contributed by atoms with van der Waals surface area (Å²) in [5.74, 6) is -0.918. The fourth-order valence-electron chi connectivity index (χ4n) is 5.17. The highest BCUT2D eigenvalue weighted by Gasteiger charge is 2.45. The third-order valence-electron chi connectivity index (χ3n) is 7.76. The fourth-order valence-corrected chi connectivity index (χ4v) is 5.17. The van der Waals surface area contributed by atoms with Crippen LogP contribution in [0.5, 0.6) is 11.5 Å². The molecular formula is C32H48O10. The second-order valence-electron chi connectivity index (χ2n) is 11.3. The molecule has 1 saturated heterocycles. The lowest BCUT2D eigenvalue weighted by atomic mass is 9.99. The Morgan fingerprint density at radius 2 is 1.40 bits per heavy atom. The number of phenols is 1. The lowest BCUT2D eigenvalue weighted by molar-refractivity contribution is -0.278. The molecule has 236 valence electrons. The largest absolute Gasteiger partial charge is 0.504 e. The van der Waals surface area contributed by atoms with Crippen LogP contribution in [0.15, 0.2) is 33.5 Å². The van der Waals surface area contributed by atoms with Crippen molar-refractivity contribution in [2.24, 2.45) is 0 Å². The zero-order chi connectivity index (χ0) is 30.3. The minimum atomic E-state index is -1.65. The number of hydrogen-bond acceptors (Lipinski definition) is 10. The summed E-state index contributed by atoms with van der Waals surface area (Å²) in [4.78, 5) is 23.7. The van der Waals surface area contributed by atoms with Crippen LogP contribution in [0.1, 0.15) is 103 Å². The highest BCUT2D eigenvalue weighted by Crippen LogP contribution is 2.34. The zero-order valence-electron chi connectivity index (χ0n) is 24.7. The zero-order valence-corrected chi connectivity index (χ0v) is 24.7. The van der Waals surface area contributed by atoms with Gasteiger partial charge in [0.05, 0.1) is 0 Å². The number of fused-ring (bicyclic) bond motifs is 1. The molecule has 0 saturated carbocycles. The standard InChI is InChI=1S/C32H48O10/c1-2-3-4-5-6-7-8-9-10-11-12-13-14-15-16-27(34)39-21-26-29(36)30(37)31(38)32(42-26)41-25-19-22-17-18-28(35)40-24(22)20-23(25)33/h17-20,26,29-33,36-38H,2-16,21H2,1H3. The lowest BCUT2D eigenvalue weighted by Gasteiger charge is -2.39. The molecule has 5 atom stereocenters. The van der Waals surface area contributed by atoms with E-state index in [4.69, 9.17) is 18.6 Å². The van der Waals surface area contributed by atoms with Crippen LogP contribution in [0.3, 0.4) is 0 Å². The molecule has 5 unspecified atom stereocenters. The van der Waals surface area contributed by atoms with Crippen molar-refractivity contribution in [2.75, 3.05) is 6.61 Å². The molecule has 0 bridgehead atoms. The van der Waals surface area contributed by atoms with Gasteiger partial charge in [0.25, 0.3) is 0 Å². The maximum Gasteiger partial charge on any atom is 0.336 e. The minimum absolute atomic E-state index is 0.0995. The SMILES string of the molecule is CCCCCCCCCCCCCCCCC(=O)OCC1OC(Oc2cc3ccc(=O)oc3cc2O)C(O)C(O)C1O. The topological polar surface area (TPSA) is 156 Å². The summed E-state index contributed by atoms with van der Waals surface area (Å²) in [5.41, 5.74) is -0.447. The van der Waals surface area contributed by atoms with Gasteiger partial charge in [-0.25, -0.2) is 4.79 Å². The minimum Gasteiger partial charge on any atom is -0.504 e. The van der Waals surface area contributed by atoms with Gasteiger partial charge < -0.3 is 39.1 Å². The van der Waals surface area contributed by atoms with E-state index in [2.05, 4.69) is 6.92 Å². The normalized spacial score (nSPS) is 22.3. The van der Waals surface area contributed by atoms with Crippen molar-refractivity contribution in [3.63, 3.8) is 0 Å². The number of carbonyl (C=O) groups is 1. The molecule has 0 amide bonds. The molecule has 0 aliphatic carbocycles. The van der Waals surface area contributed by atoms with Crippen molar-refractivity contribution in [2.45, 2.75) is 134 Å². The number of esters is 1. The Labute approximate surface area is 247 Å². The maximum atomic E-state index is 12.3. The molecule has 10 heteroatoms. The van der Waals surface area contributed by atoms with Gasteiger partial charge in [0.1, 0.15) is 36.6 Å². The van der Waals surface area contributed by atoms with Gasteiger partial charge in [0, 0.05) is 23.9 Å². The van der Waals surface area contributed by atoms with Gasteiger partial charge in [-0.15, -0.1) is 0 Å². The quantitative estimate of drug-likeness (QED) is 0.0983. The molecule has 2 heterocycles. The van der Waals surface area contributed by atoms with Crippen LogP contribution in [0, 0.1) is 0 Å². The van der Waals surface area contributed by atoms with Gasteiger partial charge in [-0.3, -0.25) is 4.79 Å². The van der Waals surface area contributed by atoms with Gasteiger partial charge in [-0.2, -0.15) is 0 Å². The summed E-state index contributed by atoms with van der Waals surface area (Å²) in [6, 6.07) is 5.25. The number of ether oxygens (including phenoxy) is 3. The van der Waals surface area contributed by atoms with Crippen LogP contribution in [0.25, 0.3) is 11.0 Å². The second-order valence-corrected chi connectivity index (χ2v) is 11.3. The average molecular weight is 593 g/mol. The molecule has 1 aromatic carbocycles. The van der Waals surface area contributed by atoms with Gasteiger partial charge in [0.15, 0.2) is 11.5 Å². The van der Waals surface area contributed by atoms with Gasteiger partial charge in [-0.05, 0) is 18.6 Å². The van der Waals surface area contributed by atoms with Crippen molar-refractivity contribution < 1.29 is 43.8 Å². The number of unbranched alkanes of at least 4 members (excludes halogenated alkanes) is 13. The number of aromatic hydroxyl groups is 1. The molecule has 0 spiro atoms. The maximum absolute atomic E-state index is 12.3. The molecule has 4 N–H and O–H groups in total. The van der Waals surface area contributed by atoms with E-state index in [1.54, 1.807) is 0 Å². The van der Waals surface area contributed by atoms with E-state index < -0.39 is 42.3 Å². The van der Waals surface area contributed by atoms with Crippen molar-refractivity contribution in [1.82, 2.24) is 0 Å². The molecule has 1 aliphatic rings. The first kappa shape index (κ1) is 33.8. The monoisotopic (exact) mass is 592 g/mol. The number of aliphatic hydroxyl groups is 3. The molecule has 1 aromatic heterocycles. The van der Waals surface area contributed by atoms with E-state index in [0.29, 0.717) is 11.8 Å². The predicted octanol–water partition coefficient (Wildman–Crippen LogP) is 5.10. The molecule has 42 heavy (non-hydrogen) atoms. The molecule has 3 rings (SSSR count). The number of hydrogen-bond donors (Lipinski definition) is 4. The summed E-state index contributed by atoms with van der Waals surface area (Å²) >= 11 is 0. The highest BCUT2D eigenvalue weighted by atomic mass is 16.7. The molecule has 1 aliphatic heterocycles. The molecule has 1 fully saturated rings. The average Bonchev–Trinajstić information content (AvgIpc) is 2.97.